The third kappa shape index (κ3) is 3.31. The van der Waals surface area contributed by atoms with E-state index in [1.54, 1.807) is 0 Å². The van der Waals surface area contributed by atoms with Gasteiger partial charge in [-0.2, -0.15) is 9.97 Å². The number of aromatic nitrogens is 4. The normalized spacial score (nSPS) is 27.1. The predicted octanol–water partition coefficient (Wildman–Crippen LogP) is -1.81. The first kappa shape index (κ1) is 21.0. The number of fused-ring (bicyclic) bond motifs is 1. The molecule has 15 heteroatoms. The van der Waals surface area contributed by atoms with Gasteiger partial charge in [0.2, 0.25) is 16.8 Å². The summed E-state index contributed by atoms with van der Waals surface area (Å²) in [6.45, 7) is -0.711. The fraction of sp³-hybridized carbons (Fsp3) is 0.571. The number of nitrogen functional groups attached to an aromatic ring is 1. The molecule has 0 radical (unpaired) electrons. The van der Waals surface area contributed by atoms with Crippen molar-refractivity contribution in [3.05, 3.63) is 6.33 Å². The third-order valence-corrected chi connectivity index (χ3v) is 6.14. The summed E-state index contributed by atoms with van der Waals surface area (Å²) >= 11 is 0. The summed E-state index contributed by atoms with van der Waals surface area (Å²) in [5, 5.41) is 21.5. The molecule has 0 bridgehead atoms. The molecule has 1 fully saturated rings. The molecule has 1 aliphatic rings. The highest BCUT2D eigenvalue weighted by Gasteiger charge is 2.63. The number of hydrogen-bond donors (Lipinski definition) is 3. The molecular formula is C14H19N5O9S. The maximum atomic E-state index is 12.3. The van der Waals surface area contributed by atoms with Crippen LogP contribution in [0, 0.1) is 0 Å². The maximum Gasteiger partial charge on any atom is 0.508 e. The molecule has 4 atom stereocenters. The quantitative estimate of drug-likeness (QED) is 0.446. The molecule has 14 nitrogen and oxygen atoms in total. The first-order chi connectivity index (χ1) is 13.5. The zero-order chi connectivity index (χ0) is 21.6. The van der Waals surface area contributed by atoms with Crippen LogP contribution in [0.25, 0.3) is 11.2 Å². The SMILES string of the molecule is COC(=O)OC[C@H]1O[C@@H](n2cnc3c(OC)nc(N)nc32)[C@H](O)[C@]1(O)S(C)(=O)=O. The number of rotatable bonds is 5. The predicted molar refractivity (Wildman–Crippen MR) is 94.4 cm³/mol. The Balaban J connectivity index is 2.06. The first-order valence-corrected chi connectivity index (χ1v) is 9.94. The number of aliphatic hydroxyl groups is 2. The van der Waals surface area contributed by atoms with Gasteiger partial charge in [-0.05, 0) is 0 Å². The summed E-state index contributed by atoms with van der Waals surface area (Å²) in [5.74, 6) is -0.129. The highest BCUT2D eigenvalue weighted by Crippen LogP contribution is 2.42. The molecule has 0 spiro atoms. The van der Waals surface area contributed by atoms with Gasteiger partial charge in [0.05, 0.1) is 20.5 Å². The van der Waals surface area contributed by atoms with E-state index in [1.807, 2.05) is 0 Å². The summed E-state index contributed by atoms with van der Waals surface area (Å²) in [6.07, 6.45) is -4.34. The van der Waals surface area contributed by atoms with Crippen molar-refractivity contribution in [1.82, 2.24) is 19.5 Å². The van der Waals surface area contributed by atoms with Crippen LogP contribution in [0.15, 0.2) is 6.33 Å². The average Bonchev–Trinajstić information content (AvgIpc) is 3.18. The Morgan fingerprint density at radius 2 is 2.10 bits per heavy atom. The molecule has 2 aromatic heterocycles. The Kier molecular flexibility index (Phi) is 5.24. The fourth-order valence-corrected chi connectivity index (χ4v) is 4.16. The standard InChI is InChI=1S/C14H19N5O9S/c1-25-10-7-9(17-12(15)18-10)19(5-16-7)11-8(20)14(22,29(3,23)24)6(28-11)4-27-13(21)26-2/h5-6,8,11,20,22H,4H2,1-3H3,(H2,15,17,18)/t6-,8+,11-,14-/m1/s1. The lowest BCUT2D eigenvalue weighted by Gasteiger charge is -2.28. The van der Waals surface area contributed by atoms with Gasteiger partial charge in [0.15, 0.2) is 27.2 Å². The van der Waals surface area contributed by atoms with E-state index >= 15 is 0 Å². The number of nitrogens with two attached hydrogens (primary N) is 1. The molecule has 0 saturated carbocycles. The van der Waals surface area contributed by atoms with E-state index in [0.29, 0.717) is 6.26 Å². The summed E-state index contributed by atoms with van der Waals surface area (Å²) < 4.78 is 45.4. The Hall–Kier alpha value is -2.75. The van der Waals surface area contributed by atoms with E-state index in [-0.39, 0.29) is 23.0 Å². The van der Waals surface area contributed by atoms with Crippen LogP contribution >= 0.6 is 0 Å². The van der Waals surface area contributed by atoms with Crippen molar-refractivity contribution in [1.29, 1.82) is 0 Å². The second-order valence-corrected chi connectivity index (χ2v) is 8.36. The molecule has 0 aromatic carbocycles. The highest BCUT2D eigenvalue weighted by atomic mass is 32.2. The van der Waals surface area contributed by atoms with Crippen molar-refractivity contribution in [3.8, 4) is 5.88 Å². The number of anilines is 1. The van der Waals surface area contributed by atoms with Gasteiger partial charge in [0.25, 0.3) is 0 Å². The zero-order valence-corrected chi connectivity index (χ0v) is 16.4. The lowest BCUT2D eigenvalue weighted by atomic mass is 10.1. The Labute approximate surface area is 164 Å². The van der Waals surface area contributed by atoms with Gasteiger partial charge >= 0.3 is 6.16 Å². The monoisotopic (exact) mass is 433 g/mol. The molecule has 160 valence electrons. The minimum atomic E-state index is -4.32. The zero-order valence-electron chi connectivity index (χ0n) is 15.5. The summed E-state index contributed by atoms with van der Waals surface area (Å²) in [5.41, 5.74) is 5.87. The molecule has 3 rings (SSSR count). The molecule has 2 aromatic rings. The van der Waals surface area contributed by atoms with Crippen molar-refractivity contribution < 1.29 is 42.4 Å². The van der Waals surface area contributed by atoms with Crippen LogP contribution in [0.5, 0.6) is 5.88 Å². The van der Waals surface area contributed by atoms with E-state index in [4.69, 9.17) is 19.9 Å². The molecular weight excluding hydrogens is 414 g/mol. The highest BCUT2D eigenvalue weighted by molar-refractivity contribution is 7.92. The first-order valence-electron chi connectivity index (χ1n) is 8.04. The molecule has 29 heavy (non-hydrogen) atoms. The molecule has 0 aliphatic carbocycles. The van der Waals surface area contributed by atoms with E-state index in [1.165, 1.54) is 13.4 Å². The van der Waals surface area contributed by atoms with Gasteiger partial charge in [-0.3, -0.25) is 4.57 Å². The Morgan fingerprint density at radius 1 is 1.41 bits per heavy atom. The van der Waals surface area contributed by atoms with Crippen LogP contribution in [0.4, 0.5) is 10.7 Å². The van der Waals surface area contributed by atoms with Crippen LogP contribution in [0.3, 0.4) is 0 Å². The summed E-state index contributed by atoms with van der Waals surface area (Å²) in [7, 11) is -1.93. The maximum absolute atomic E-state index is 12.3. The van der Waals surface area contributed by atoms with Gasteiger partial charge in [0, 0.05) is 6.26 Å². The number of nitrogens with zero attached hydrogens (tertiary/aromatic N) is 4. The Morgan fingerprint density at radius 3 is 2.69 bits per heavy atom. The second-order valence-electron chi connectivity index (χ2n) is 6.16. The Bertz CT molecular complexity index is 1040. The van der Waals surface area contributed by atoms with E-state index in [9.17, 15) is 23.4 Å². The van der Waals surface area contributed by atoms with Gasteiger partial charge in [-0.25, -0.2) is 18.2 Å². The van der Waals surface area contributed by atoms with Gasteiger partial charge in [0.1, 0.15) is 18.8 Å². The summed E-state index contributed by atoms with van der Waals surface area (Å²) in [6, 6.07) is 0. The molecule has 4 N–H and O–H groups in total. The van der Waals surface area contributed by atoms with Crippen LogP contribution in [-0.4, -0.2) is 88.5 Å². The molecule has 1 saturated heterocycles. The molecule has 0 unspecified atom stereocenters. The molecule has 1 aliphatic heterocycles. The van der Waals surface area contributed by atoms with Gasteiger partial charge in [-0.1, -0.05) is 0 Å². The van der Waals surface area contributed by atoms with Crippen molar-refractivity contribution >= 4 is 33.1 Å². The van der Waals surface area contributed by atoms with E-state index in [2.05, 4.69) is 19.7 Å². The lowest BCUT2D eigenvalue weighted by molar-refractivity contribution is -0.0642. The summed E-state index contributed by atoms with van der Waals surface area (Å²) in [4.78, 5) is 20.4. The number of aliphatic hydroxyl groups excluding tert-OH is 1. The average molecular weight is 433 g/mol. The lowest BCUT2D eigenvalue weighted by Crippen LogP contribution is -2.55. The van der Waals surface area contributed by atoms with Crippen LogP contribution in [0.1, 0.15) is 6.23 Å². The number of methoxy groups -OCH3 is 2. The van der Waals surface area contributed by atoms with Crippen molar-refractivity contribution in [2.45, 2.75) is 23.4 Å². The van der Waals surface area contributed by atoms with Crippen LogP contribution < -0.4 is 10.5 Å². The van der Waals surface area contributed by atoms with Gasteiger partial charge in [-0.15, -0.1) is 0 Å². The topological polar surface area (TPSA) is 198 Å². The molecule has 0 amide bonds. The van der Waals surface area contributed by atoms with Crippen molar-refractivity contribution in [3.63, 3.8) is 0 Å². The number of carbonyl (C=O) groups is 1. The van der Waals surface area contributed by atoms with Gasteiger partial charge < -0.3 is 34.9 Å². The van der Waals surface area contributed by atoms with Crippen molar-refractivity contribution in [2.24, 2.45) is 0 Å². The number of ether oxygens (including phenoxy) is 4. The molecule has 3 heterocycles. The number of hydrogen-bond acceptors (Lipinski definition) is 13. The smallest absolute Gasteiger partial charge is 0.479 e. The van der Waals surface area contributed by atoms with E-state index in [0.717, 1.165) is 11.7 Å². The second kappa shape index (κ2) is 7.25. The largest absolute Gasteiger partial charge is 0.508 e. The van der Waals surface area contributed by atoms with Crippen LogP contribution in [-0.2, 0) is 24.0 Å². The fourth-order valence-electron chi connectivity index (χ4n) is 3.01. The minimum Gasteiger partial charge on any atom is -0.479 e. The van der Waals surface area contributed by atoms with Crippen LogP contribution in [0.2, 0.25) is 0 Å². The number of imidazole rings is 1. The minimum absolute atomic E-state index is 0.0442. The number of carbonyl (C=O) groups excluding carboxylic acids is 1. The third-order valence-electron chi connectivity index (χ3n) is 4.45. The number of sulfone groups is 1. The van der Waals surface area contributed by atoms with Crippen molar-refractivity contribution in [2.75, 3.05) is 32.8 Å². The van der Waals surface area contributed by atoms with E-state index < -0.39 is 46.0 Å².